The third kappa shape index (κ3) is 2.69. The Balaban J connectivity index is 2.07. The summed E-state index contributed by atoms with van der Waals surface area (Å²) in [4.78, 5) is 0. The highest BCUT2D eigenvalue weighted by molar-refractivity contribution is 6.42. The molecule has 2 atom stereocenters. The number of halogens is 2. The molecule has 0 aliphatic carbocycles. The molecular formula is C12H15Cl2NO. The molecule has 1 aliphatic heterocycles. The second-order valence-electron chi connectivity index (χ2n) is 4.19. The summed E-state index contributed by atoms with van der Waals surface area (Å²) < 4.78 is 0. The molecule has 4 heteroatoms. The van der Waals surface area contributed by atoms with E-state index in [9.17, 15) is 5.11 Å². The molecule has 88 valence electrons. The maximum absolute atomic E-state index is 10.1. The zero-order chi connectivity index (χ0) is 11.5. The van der Waals surface area contributed by atoms with Gasteiger partial charge in [0, 0.05) is 11.6 Å². The van der Waals surface area contributed by atoms with Crippen LogP contribution < -0.4 is 5.32 Å². The molecule has 1 aromatic rings. The Kier molecular flexibility index (Phi) is 4.09. The van der Waals surface area contributed by atoms with Crippen LogP contribution in [0.25, 0.3) is 0 Å². The predicted molar refractivity (Wildman–Crippen MR) is 67.1 cm³/mol. The fraction of sp³-hybridized carbons (Fsp3) is 0.500. The van der Waals surface area contributed by atoms with E-state index in [0.717, 1.165) is 18.5 Å². The average Bonchev–Trinajstić information content (AvgIpc) is 2.74. The summed E-state index contributed by atoms with van der Waals surface area (Å²) >= 11 is 12.0. The van der Waals surface area contributed by atoms with Gasteiger partial charge in [-0.25, -0.2) is 0 Å². The molecule has 0 bridgehead atoms. The van der Waals surface area contributed by atoms with Crippen LogP contribution in [0.5, 0.6) is 0 Å². The van der Waals surface area contributed by atoms with Crippen LogP contribution >= 0.6 is 23.2 Å². The number of benzene rings is 1. The molecule has 16 heavy (non-hydrogen) atoms. The summed E-state index contributed by atoms with van der Waals surface area (Å²) in [6, 6.07) is 5.77. The topological polar surface area (TPSA) is 32.3 Å². The standard InChI is InChI=1S/C12H15Cl2NO/c13-10-5-1-4-9(12(10)14)11(16)7-8-3-2-6-15-8/h1,4-5,8,11,15-16H,2-3,6-7H2. The first-order chi connectivity index (χ1) is 7.68. The Morgan fingerprint density at radius 2 is 2.25 bits per heavy atom. The van der Waals surface area contributed by atoms with Crippen molar-refractivity contribution in [2.45, 2.75) is 31.4 Å². The van der Waals surface area contributed by atoms with Crippen LogP contribution in [0.3, 0.4) is 0 Å². The average molecular weight is 260 g/mol. The second-order valence-corrected chi connectivity index (χ2v) is 4.97. The van der Waals surface area contributed by atoms with Crippen molar-refractivity contribution in [3.8, 4) is 0 Å². The second kappa shape index (κ2) is 5.37. The highest BCUT2D eigenvalue weighted by Gasteiger charge is 2.21. The Hall–Kier alpha value is -0.280. The largest absolute Gasteiger partial charge is 0.388 e. The van der Waals surface area contributed by atoms with Crippen molar-refractivity contribution in [1.82, 2.24) is 5.32 Å². The quantitative estimate of drug-likeness (QED) is 0.874. The van der Waals surface area contributed by atoms with Crippen LogP contribution in [0.15, 0.2) is 18.2 Å². The van der Waals surface area contributed by atoms with Gasteiger partial charge in [0.25, 0.3) is 0 Å². The smallest absolute Gasteiger partial charge is 0.0819 e. The first-order valence-corrected chi connectivity index (χ1v) is 6.29. The summed E-state index contributed by atoms with van der Waals surface area (Å²) in [5, 5.41) is 14.4. The van der Waals surface area contributed by atoms with Gasteiger partial charge in [-0.2, -0.15) is 0 Å². The molecular weight excluding hydrogens is 245 g/mol. The van der Waals surface area contributed by atoms with Crippen LogP contribution in [-0.2, 0) is 0 Å². The lowest BCUT2D eigenvalue weighted by Crippen LogP contribution is -2.23. The highest BCUT2D eigenvalue weighted by atomic mass is 35.5. The van der Waals surface area contributed by atoms with Gasteiger partial charge in [0.05, 0.1) is 16.1 Å². The van der Waals surface area contributed by atoms with Crippen molar-refractivity contribution in [1.29, 1.82) is 0 Å². The predicted octanol–water partition coefficient (Wildman–Crippen LogP) is 3.17. The minimum atomic E-state index is -0.540. The molecule has 1 fully saturated rings. The van der Waals surface area contributed by atoms with Crippen LogP contribution in [-0.4, -0.2) is 17.7 Å². The lowest BCUT2D eigenvalue weighted by atomic mass is 10.0. The molecule has 0 aromatic heterocycles. The molecule has 0 saturated carbocycles. The molecule has 1 heterocycles. The highest BCUT2D eigenvalue weighted by Crippen LogP contribution is 2.32. The Morgan fingerprint density at radius 3 is 2.94 bits per heavy atom. The molecule has 1 saturated heterocycles. The molecule has 2 N–H and O–H groups in total. The first-order valence-electron chi connectivity index (χ1n) is 5.54. The third-order valence-electron chi connectivity index (χ3n) is 3.01. The number of hydrogen-bond donors (Lipinski definition) is 2. The van der Waals surface area contributed by atoms with E-state index in [1.54, 1.807) is 6.07 Å². The molecule has 1 aromatic carbocycles. The van der Waals surface area contributed by atoms with Crippen LogP contribution in [0, 0.1) is 0 Å². The summed E-state index contributed by atoms with van der Waals surface area (Å²) in [6.45, 7) is 1.04. The number of aliphatic hydroxyl groups excluding tert-OH is 1. The van der Waals surface area contributed by atoms with E-state index >= 15 is 0 Å². The van der Waals surface area contributed by atoms with E-state index in [1.807, 2.05) is 12.1 Å². The van der Waals surface area contributed by atoms with Crippen LogP contribution in [0.1, 0.15) is 30.9 Å². The van der Waals surface area contributed by atoms with Crippen molar-refractivity contribution in [2.24, 2.45) is 0 Å². The van der Waals surface area contributed by atoms with Gasteiger partial charge < -0.3 is 10.4 Å². The monoisotopic (exact) mass is 259 g/mol. The molecule has 0 spiro atoms. The number of rotatable bonds is 3. The minimum Gasteiger partial charge on any atom is -0.388 e. The van der Waals surface area contributed by atoms with Gasteiger partial charge in [0.1, 0.15) is 0 Å². The molecule has 0 radical (unpaired) electrons. The fourth-order valence-corrected chi connectivity index (χ4v) is 2.57. The van der Waals surface area contributed by atoms with Crippen molar-refractivity contribution in [2.75, 3.05) is 6.54 Å². The number of hydrogen-bond acceptors (Lipinski definition) is 2. The number of nitrogens with one attached hydrogen (secondary N) is 1. The number of aliphatic hydroxyl groups is 1. The van der Waals surface area contributed by atoms with E-state index in [0.29, 0.717) is 22.5 Å². The molecule has 1 aliphatic rings. The van der Waals surface area contributed by atoms with Gasteiger partial charge in [-0.1, -0.05) is 35.3 Å². The van der Waals surface area contributed by atoms with Crippen molar-refractivity contribution < 1.29 is 5.11 Å². The van der Waals surface area contributed by atoms with E-state index in [1.165, 1.54) is 6.42 Å². The Bertz CT molecular complexity index is 364. The van der Waals surface area contributed by atoms with Gasteiger partial charge in [0.15, 0.2) is 0 Å². The minimum absolute atomic E-state index is 0.394. The Labute approximate surface area is 106 Å². The van der Waals surface area contributed by atoms with E-state index in [4.69, 9.17) is 23.2 Å². The molecule has 2 rings (SSSR count). The zero-order valence-electron chi connectivity index (χ0n) is 8.92. The molecule has 2 unspecified atom stereocenters. The van der Waals surface area contributed by atoms with Gasteiger partial charge in [-0.15, -0.1) is 0 Å². The summed E-state index contributed by atoms with van der Waals surface area (Å²) in [5.41, 5.74) is 0.725. The lowest BCUT2D eigenvalue weighted by molar-refractivity contribution is 0.155. The summed E-state index contributed by atoms with van der Waals surface area (Å²) in [7, 11) is 0. The summed E-state index contributed by atoms with van der Waals surface area (Å²) in [6.07, 6.45) is 2.46. The lowest BCUT2D eigenvalue weighted by Gasteiger charge is -2.17. The van der Waals surface area contributed by atoms with E-state index in [2.05, 4.69) is 5.32 Å². The van der Waals surface area contributed by atoms with Gasteiger partial charge in [-0.05, 0) is 31.9 Å². The van der Waals surface area contributed by atoms with E-state index < -0.39 is 6.10 Å². The molecule has 0 amide bonds. The normalized spacial score (nSPS) is 22.3. The Morgan fingerprint density at radius 1 is 1.44 bits per heavy atom. The fourth-order valence-electron chi connectivity index (χ4n) is 2.13. The maximum Gasteiger partial charge on any atom is 0.0819 e. The summed E-state index contributed by atoms with van der Waals surface area (Å²) in [5.74, 6) is 0. The van der Waals surface area contributed by atoms with Crippen LogP contribution in [0.2, 0.25) is 10.0 Å². The van der Waals surface area contributed by atoms with Gasteiger partial charge in [0.2, 0.25) is 0 Å². The third-order valence-corrected chi connectivity index (χ3v) is 3.84. The van der Waals surface area contributed by atoms with Gasteiger partial charge in [-0.3, -0.25) is 0 Å². The van der Waals surface area contributed by atoms with Crippen molar-refractivity contribution >= 4 is 23.2 Å². The van der Waals surface area contributed by atoms with Crippen molar-refractivity contribution in [3.05, 3.63) is 33.8 Å². The maximum atomic E-state index is 10.1. The SMILES string of the molecule is OC(CC1CCCN1)c1cccc(Cl)c1Cl. The first kappa shape index (κ1) is 12.2. The van der Waals surface area contributed by atoms with Gasteiger partial charge >= 0.3 is 0 Å². The van der Waals surface area contributed by atoms with Crippen LogP contribution in [0.4, 0.5) is 0 Å². The van der Waals surface area contributed by atoms with Crippen molar-refractivity contribution in [3.63, 3.8) is 0 Å². The zero-order valence-corrected chi connectivity index (χ0v) is 10.4. The molecule has 2 nitrogen and oxygen atoms in total. The van der Waals surface area contributed by atoms with E-state index in [-0.39, 0.29) is 0 Å².